The molecular weight excluding hydrogens is 676 g/mol. The van der Waals surface area contributed by atoms with Crippen LogP contribution in [0.25, 0.3) is 0 Å². The van der Waals surface area contributed by atoms with Gasteiger partial charge in [-0.15, -0.1) is 0 Å². The van der Waals surface area contributed by atoms with Crippen LogP contribution in [0.2, 0.25) is 10.0 Å². The second-order valence-electron chi connectivity index (χ2n) is 12.1. The van der Waals surface area contributed by atoms with Gasteiger partial charge in [0, 0.05) is 30.3 Å². The predicted molar refractivity (Wildman–Crippen MR) is 179 cm³/mol. The molecule has 11 nitrogen and oxygen atoms in total. The average Bonchev–Trinajstić information content (AvgIpc) is 3.55. The largest absolute Gasteiger partial charge is 0.493 e. The average molecular weight is 714 g/mol. The summed E-state index contributed by atoms with van der Waals surface area (Å²) in [5.41, 5.74) is 1.88. The molecule has 0 radical (unpaired) electrons. The van der Waals surface area contributed by atoms with Gasteiger partial charge in [0.2, 0.25) is 0 Å². The molecule has 4 aromatic rings. The number of esters is 1. The van der Waals surface area contributed by atoms with Gasteiger partial charge >= 0.3 is 12.1 Å². The van der Waals surface area contributed by atoms with Gasteiger partial charge in [0.15, 0.2) is 23.9 Å². The smallest absolute Gasteiger partial charge is 0.415 e. The van der Waals surface area contributed by atoms with Crippen LogP contribution in [0.5, 0.6) is 11.5 Å². The van der Waals surface area contributed by atoms with Gasteiger partial charge < -0.3 is 18.9 Å². The molecule has 2 bridgehead atoms. The van der Waals surface area contributed by atoms with Gasteiger partial charge in [-0.1, -0.05) is 41.4 Å². The molecule has 49 heavy (non-hydrogen) atoms. The standard InChI is InChI=1S/C35H36Cl2FN5O6/c1-46-30-8-7-24(13-32(30)47-2)31(14-25-26(36)16-39-17-27(25)37)48-34(44)21-42-18-22(15-40-42)19-43(29-6-4-3-5-28(29)38)35(45)49-33-20-41-11-9-23(33)10-12-41/h3-8,13,15-18,23,31,33H,9-12,14,19-21H2,1-2H3/p+1/t31-,33-/m0/s1. The molecule has 2 atom stereocenters. The van der Waals surface area contributed by atoms with Crippen molar-refractivity contribution in [2.24, 2.45) is 5.92 Å². The summed E-state index contributed by atoms with van der Waals surface area (Å²) in [5, 5.41) is 5.10. The number of nitrogens with one attached hydrogen (secondary N) is 1. The van der Waals surface area contributed by atoms with Gasteiger partial charge in [-0.25, -0.2) is 14.2 Å². The molecule has 0 saturated carbocycles. The Balaban J connectivity index is 1.18. The maximum Gasteiger partial charge on any atom is 0.415 e. The van der Waals surface area contributed by atoms with Crippen LogP contribution >= 0.6 is 23.2 Å². The Morgan fingerprint density at radius 2 is 1.80 bits per heavy atom. The number of fused-ring (bicyclic) bond motifs is 3. The van der Waals surface area contributed by atoms with E-state index >= 15 is 0 Å². The van der Waals surface area contributed by atoms with Crippen LogP contribution < -0.4 is 19.4 Å². The molecule has 3 fully saturated rings. The molecular formula is C35H37Cl2FN5O6+. The Morgan fingerprint density at radius 3 is 2.47 bits per heavy atom. The maximum atomic E-state index is 15.0. The van der Waals surface area contributed by atoms with Crippen LogP contribution in [0.3, 0.4) is 0 Å². The number of aromatic nitrogens is 3. The van der Waals surface area contributed by atoms with Gasteiger partial charge in [0.1, 0.15) is 34.6 Å². The van der Waals surface area contributed by atoms with Gasteiger partial charge in [0.25, 0.3) is 0 Å². The van der Waals surface area contributed by atoms with Gasteiger partial charge in [-0.2, -0.15) is 5.10 Å². The van der Waals surface area contributed by atoms with Crippen molar-refractivity contribution in [2.45, 2.75) is 44.6 Å². The summed E-state index contributed by atoms with van der Waals surface area (Å²) in [6.45, 7) is 2.41. The molecule has 3 saturated heterocycles. The highest BCUT2D eigenvalue weighted by atomic mass is 35.5. The highest BCUT2D eigenvalue weighted by molar-refractivity contribution is 6.35. The van der Waals surface area contributed by atoms with E-state index in [0.717, 1.165) is 25.9 Å². The molecule has 0 aliphatic carbocycles. The summed E-state index contributed by atoms with van der Waals surface area (Å²) < 4.78 is 39.2. The van der Waals surface area contributed by atoms with Crippen LogP contribution in [0.15, 0.2) is 67.3 Å². The molecule has 0 spiro atoms. The second-order valence-corrected chi connectivity index (χ2v) is 12.9. The fourth-order valence-electron chi connectivity index (χ4n) is 6.38. The number of methoxy groups -OCH3 is 2. The summed E-state index contributed by atoms with van der Waals surface area (Å²) >= 11 is 12.9. The highest BCUT2D eigenvalue weighted by Gasteiger charge is 2.38. The minimum Gasteiger partial charge on any atom is -0.493 e. The van der Waals surface area contributed by atoms with Crippen molar-refractivity contribution in [3.05, 3.63) is 99.8 Å². The van der Waals surface area contributed by atoms with E-state index < -0.39 is 24.0 Å². The van der Waals surface area contributed by atoms with Crippen molar-refractivity contribution in [3.8, 4) is 11.5 Å². The number of H-pyrrole nitrogens is 1. The quantitative estimate of drug-likeness (QED) is 0.167. The Kier molecular flexibility index (Phi) is 10.9. The molecule has 5 heterocycles. The number of pyridine rings is 1. The minimum absolute atomic E-state index is 0.0216. The first kappa shape index (κ1) is 34.5. The van der Waals surface area contributed by atoms with Crippen molar-refractivity contribution in [2.75, 3.05) is 38.8 Å². The number of carbonyl (C=O) groups is 2. The maximum absolute atomic E-state index is 15.0. The number of hydrogen-bond donors (Lipinski definition) is 0. The number of carbonyl (C=O) groups excluding carboxylic acids is 2. The van der Waals surface area contributed by atoms with E-state index in [0.29, 0.717) is 50.7 Å². The highest BCUT2D eigenvalue weighted by Crippen LogP contribution is 2.35. The lowest BCUT2D eigenvalue weighted by atomic mass is 9.86. The van der Waals surface area contributed by atoms with Crippen molar-refractivity contribution < 1.29 is 37.9 Å². The second kappa shape index (κ2) is 15.4. The van der Waals surface area contributed by atoms with Gasteiger partial charge in [-0.3, -0.25) is 19.3 Å². The first-order valence-corrected chi connectivity index (χ1v) is 16.7. The fourth-order valence-corrected chi connectivity index (χ4v) is 6.91. The minimum atomic E-state index is -0.794. The van der Waals surface area contributed by atoms with E-state index in [1.807, 2.05) is 0 Å². The number of nitrogens with zero attached hydrogens (tertiary/aromatic N) is 4. The number of benzene rings is 2. The third-order valence-electron chi connectivity index (χ3n) is 8.97. The summed E-state index contributed by atoms with van der Waals surface area (Å²) in [7, 11) is 3.05. The number of halogens is 3. The zero-order valence-electron chi connectivity index (χ0n) is 27.1. The Labute approximate surface area is 293 Å². The van der Waals surface area contributed by atoms with E-state index in [2.05, 4.69) is 15.0 Å². The van der Waals surface area contributed by atoms with Crippen molar-refractivity contribution in [3.63, 3.8) is 0 Å². The van der Waals surface area contributed by atoms with E-state index in [1.165, 1.54) is 42.1 Å². The summed E-state index contributed by atoms with van der Waals surface area (Å²) in [5.74, 6) is 0.129. The van der Waals surface area contributed by atoms with Crippen LogP contribution in [-0.4, -0.2) is 66.7 Å². The van der Waals surface area contributed by atoms with Crippen LogP contribution in [0, 0.1) is 11.7 Å². The number of amides is 1. The monoisotopic (exact) mass is 712 g/mol. The van der Waals surface area contributed by atoms with Crippen LogP contribution in [-0.2, 0) is 33.8 Å². The molecule has 2 aromatic carbocycles. The third kappa shape index (κ3) is 8.09. The molecule has 0 unspecified atom stereocenters. The Bertz CT molecular complexity index is 1780. The third-order valence-corrected chi connectivity index (χ3v) is 9.64. The molecule has 1 N–H and O–H groups in total. The number of anilines is 1. The number of ether oxygens (including phenoxy) is 4. The topological polar surface area (TPSA) is 110 Å². The first-order valence-electron chi connectivity index (χ1n) is 15.9. The summed E-state index contributed by atoms with van der Waals surface area (Å²) in [6.07, 6.45) is 6.77. The number of rotatable bonds is 12. The SMILES string of the molecule is COc1ccc([C@H](Cc2c(Cl)c[nH+]cc2Cl)OC(=O)Cn2cc(CN(C(=O)O[C@H]3CN4CCC3CC4)c3ccccc3F)cn2)cc1OC. The van der Waals surface area contributed by atoms with E-state index in [4.69, 9.17) is 42.1 Å². The van der Waals surface area contributed by atoms with Gasteiger partial charge in [-0.05, 0) is 61.7 Å². The molecule has 258 valence electrons. The number of hydrogen-bond acceptors (Lipinski definition) is 8. The number of aromatic amines is 1. The zero-order chi connectivity index (χ0) is 34.5. The van der Waals surface area contributed by atoms with E-state index in [-0.39, 0.29) is 31.3 Å². The lowest BCUT2D eigenvalue weighted by Gasteiger charge is -2.44. The lowest BCUT2D eigenvalue weighted by molar-refractivity contribution is -0.377. The molecule has 7 rings (SSSR count). The molecule has 3 aliphatic rings. The van der Waals surface area contributed by atoms with E-state index in [9.17, 15) is 14.0 Å². The van der Waals surface area contributed by atoms with E-state index in [1.54, 1.807) is 48.9 Å². The summed E-state index contributed by atoms with van der Waals surface area (Å²) in [6, 6.07) is 11.3. The normalized spacial score (nSPS) is 18.8. The Hall–Kier alpha value is -4.39. The lowest BCUT2D eigenvalue weighted by Crippen LogP contribution is -2.53. The Morgan fingerprint density at radius 1 is 1.06 bits per heavy atom. The molecule has 1 amide bonds. The molecule has 14 heteroatoms. The van der Waals surface area contributed by atoms with Crippen molar-refractivity contribution in [1.29, 1.82) is 0 Å². The fraction of sp³-hybridized carbons (Fsp3) is 0.371. The predicted octanol–water partition coefficient (Wildman–Crippen LogP) is 5.92. The number of piperidine rings is 3. The van der Waals surface area contributed by atoms with Gasteiger partial charge in [0.05, 0.1) is 32.6 Å². The number of para-hydroxylation sites is 1. The first-order chi connectivity index (χ1) is 23.7. The van der Waals surface area contributed by atoms with Crippen LogP contribution in [0.4, 0.5) is 14.9 Å². The zero-order valence-corrected chi connectivity index (χ0v) is 28.6. The van der Waals surface area contributed by atoms with Crippen molar-refractivity contribution >= 4 is 41.0 Å². The molecule has 3 aliphatic heterocycles. The van der Waals surface area contributed by atoms with Crippen molar-refractivity contribution in [1.82, 2.24) is 14.7 Å². The summed E-state index contributed by atoms with van der Waals surface area (Å²) in [4.78, 5) is 33.4. The molecule has 2 aromatic heterocycles. The van der Waals surface area contributed by atoms with Crippen LogP contribution in [0.1, 0.15) is 35.6 Å².